The average molecular weight is 496 g/mol. The largest absolute Gasteiger partial charge is 0.332 e. The van der Waals surface area contributed by atoms with E-state index in [2.05, 4.69) is 36.3 Å². The summed E-state index contributed by atoms with van der Waals surface area (Å²) in [6.07, 6.45) is 0. The number of aryl methyl sites for hydroxylation is 2. The van der Waals surface area contributed by atoms with Crippen molar-refractivity contribution in [2.45, 2.75) is 32.6 Å². The molecule has 0 saturated heterocycles. The van der Waals surface area contributed by atoms with Crippen LogP contribution in [0.15, 0.2) is 52.7 Å². The van der Waals surface area contributed by atoms with Crippen LogP contribution in [0.2, 0.25) is 0 Å². The molecule has 3 rings (SSSR count). The Bertz CT molecular complexity index is 1060. The van der Waals surface area contributed by atoms with E-state index >= 15 is 0 Å². The summed E-state index contributed by atoms with van der Waals surface area (Å²) in [5.74, 6) is 0. The van der Waals surface area contributed by atoms with Crippen LogP contribution in [-0.2, 0) is 10.0 Å². The Morgan fingerprint density at radius 1 is 1.00 bits per heavy atom. The zero-order chi connectivity index (χ0) is 20.3. The van der Waals surface area contributed by atoms with E-state index in [0.717, 1.165) is 22.1 Å². The van der Waals surface area contributed by atoms with E-state index in [1.807, 2.05) is 37.4 Å². The van der Waals surface area contributed by atoms with Crippen molar-refractivity contribution in [3.63, 3.8) is 0 Å². The number of benzene rings is 2. The molecule has 0 spiro atoms. The van der Waals surface area contributed by atoms with E-state index in [1.54, 1.807) is 12.1 Å². The van der Waals surface area contributed by atoms with Crippen LogP contribution in [0, 0.1) is 13.8 Å². The third-order valence-electron chi connectivity index (χ3n) is 4.76. The number of sulfonamides is 1. The van der Waals surface area contributed by atoms with Crippen LogP contribution >= 0.6 is 28.3 Å². The summed E-state index contributed by atoms with van der Waals surface area (Å²) in [5, 5.41) is 6.11. The molecule has 1 aromatic heterocycles. The molecule has 1 heterocycles. The first kappa shape index (κ1) is 23.5. The molecule has 2 aromatic carbocycles. The molecular formula is C21H26BrN3O2S2. The Hall–Kier alpha value is -1.74. The van der Waals surface area contributed by atoms with Crippen LogP contribution in [-0.4, -0.2) is 30.8 Å². The van der Waals surface area contributed by atoms with Crippen LogP contribution in [0.4, 0.5) is 10.8 Å². The molecular weight excluding hydrogens is 470 g/mol. The molecule has 29 heavy (non-hydrogen) atoms. The monoisotopic (exact) mass is 495 g/mol. The molecule has 1 N–H and O–H groups in total. The summed E-state index contributed by atoms with van der Waals surface area (Å²) >= 11 is 1.52. The van der Waals surface area contributed by atoms with E-state index in [9.17, 15) is 8.42 Å². The maximum atomic E-state index is 12.6. The lowest BCUT2D eigenvalue weighted by Crippen LogP contribution is -2.30. The highest BCUT2D eigenvalue weighted by Crippen LogP contribution is 2.29. The normalized spacial score (nSPS) is 11.3. The second-order valence-corrected chi connectivity index (χ2v) is 9.37. The lowest BCUT2D eigenvalue weighted by Gasteiger charge is -2.18. The predicted molar refractivity (Wildman–Crippen MR) is 127 cm³/mol. The Morgan fingerprint density at radius 2 is 1.66 bits per heavy atom. The standard InChI is InChI=1S/C21H25N3O2S2.BrH/c1-5-24(6-2)28(25,26)19-11-8-17(9-12-19)20-14-27-21(23-20)22-18-10-7-15(3)16(4)13-18;/h7-14H,5-6H2,1-4H3,(H,22,23);1H. The van der Waals surface area contributed by atoms with Gasteiger partial charge in [0.1, 0.15) is 0 Å². The molecule has 156 valence electrons. The summed E-state index contributed by atoms with van der Waals surface area (Å²) in [6, 6.07) is 13.1. The molecule has 0 aliphatic carbocycles. The number of halogens is 1. The Labute approximate surface area is 187 Å². The van der Waals surface area contributed by atoms with Crippen molar-refractivity contribution in [1.82, 2.24) is 9.29 Å². The summed E-state index contributed by atoms with van der Waals surface area (Å²) in [7, 11) is -3.44. The minimum Gasteiger partial charge on any atom is -0.332 e. The van der Waals surface area contributed by atoms with Crippen molar-refractivity contribution in [2.75, 3.05) is 18.4 Å². The number of nitrogens with zero attached hydrogens (tertiary/aromatic N) is 2. The summed E-state index contributed by atoms with van der Waals surface area (Å²) in [6.45, 7) is 8.77. The third-order valence-corrected chi connectivity index (χ3v) is 7.58. The molecule has 0 fully saturated rings. The molecule has 0 atom stereocenters. The van der Waals surface area contributed by atoms with Gasteiger partial charge in [-0.3, -0.25) is 0 Å². The van der Waals surface area contributed by atoms with Gasteiger partial charge in [0.05, 0.1) is 10.6 Å². The zero-order valence-corrected chi connectivity index (χ0v) is 20.3. The molecule has 0 aliphatic rings. The predicted octanol–water partition coefficient (Wildman–Crippen LogP) is 5.78. The van der Waals surface area contributed by atoms with E-state index < -0.39 is 10.0 Å². The van der Waals surface area contributed by atoms with Gasteiger partial charge in [0.15, 0.2) is 5.13 Å². The topological polar surface area (TPSA) is 62.3 Å². The van der Waals surface area contributed by atoms with Gasteiger partial charge in [0.25, 0.3) is 0 Å². The van der Waals surface area contributed by atoms with Crippen molar-refractivity contribution in [3.05, 3.63) is 59.0 Å². The lowest BCUT2D eigenvalue weighted by atomic mass is 10.1. The van der Waals surface area contributed by atoms with Crippen molar-refractivity contribution in [2.24, 2.45) is 0 Å². The van der Waals surface area contributed by atoms with Gasteiger partial charge in [-0.25, -0.2) is 13.4 Å². The van der Waals surface area contributed by atoms with Gasteiger partial charge in [-0.1, -0.05) is 32.0 Å². The second-order valence-electron chi connectivity index (χ2n) is 6.58. The zero-order valence-electron chi connectivity index (χ0n) is 17.0. The maximum absolute atomic E-state index is 12.6. The lowest BCUT2D eigenvalue weighted by molar-refractivity contribution is 0.445. The number of thiazole rings is 1. The van der Waals surface area contributed by atoms with Gasteiger partial charge in [-0.15, -0.1) is 28.3 Å². The minimum absolute atomic E-state index is 0. The highest BCUT2D eigenvalue weighted by molar-refractivity contribution is 8.93. The SMILES string of the molecule is Br.CCN(CC)S(=O)(=O)c1ccc(-c2csc(Nc3ccc(C)c(C)c3)n2)cc1. The first-order chi connectivity index (χ1) is 13.3. The van der Waals surface area contributed by atoms with Crippen molar-refractivity contribution in [3.8, 4) is 11.3 Å². The highest BCUT2D eigenvalue weighted by atomic mass is 79.9. The first-order valence-corrected chi connectivity index (χ1v) is 11.6. The molecule has 3 aromatic rings. The fraction of sp³-hybridized carbons (Fsp3) is 0.286. The van der Waals surface area contributed by atoms with E-state index in [0.29, 0.717) is 18.0 Å². The van der Waals surface area contributed by atoms with Gasteiger partial charge < -0.3 is 5.32 Å². The molecule has 8 heteroatoms. The van der Waals surface area contributed by atoms with Crippen LogP contribution < -0.4 is 5.32 Å². The average Bonchev–Trinajstić information content (AvgIpc) is 3.14. The molecule has 0 radical (unpaired) electrons. The van der Waals surface area contributed by atoms with E-state index in [1.165, 1.54) is 26.8 Å². The fourth-order valence-corrected chi connectivity index (χ4v) is 5.11. The van der Waals surface area contributed by atoms with Crippen LogP contribution in [0.1, 0.15) is 25.0 Å². The van der Waals surface area contributed by atoms with Crippen LogP contribution in [0.5, 0.6) is 0 Å². The van der Waals surface area contributed by atoms with Crippen LogP contribution in [0.25, 0.3) is 11.3 Å². The minimum atomic E-state index is -3.44. The third kappa shape index (κ3) is 5.25. The van der Waals surface area contributed by atoms with Crippen LogP contribution in [0.3, 0.4) is 0 Å². The molecule has 0 unspecified atom stereocenters. The number of hydrogen-bond acceptors (Lipinski definition) is 5. The highest BCUT2D eigenvalue weighted by Gasteiger charge is 2.21. The van der Waals surface area contributed by atoms with Gasteiger partial charge >= 0.3 is 0 Å². The molecule has 0 aliphatic heterocycles. The van der Waals surface area contributed by atoms with Gasteiger partial charge in [-0.05, 0) is 49.2 Å². The maximum Gasteiger partial charge on any atom is 0.243 e. The van der Waals surface area contributed by atoms with Crippen molar-refractivity contribution >= 4 is 49.2 Å². The molecule has 0 saturated carbocycles. The molecule has 0 amide bonds. The first-order valence-electron chi connectivity index (χ1n) is 9.25. The molecule has 5 nitrogen and oxygen atoms in total. The van der Waals surface area contributed by atoms with Gasteiger partial charge in [0.2, 0.25) is 10.0 Å². The van der Waals surface area contributed by atoms with Gasteiger partial charge in [0, 0.05) is 29.7 Å². The van der Waals surface area contributed by atoms with Gasteiger partial charge in [-0.2, -0.15) is 4.31 Å². The number of hydrogen-bond donors (Lipinski definition) is 1. The quantitative estimate of drug-likeness (QED) is 0.451. The summed E-state index contributed by atoms with van der Waals surface area (Å²) in [5.41, 5.74) is 5.20. The second kappa shape index (κ2) is 9.84. The number of rotatable bonds is 7. The Morgan fingerprint density at radius 3 is 2.24 bits per heavy atom. The van der Waals surface area contributed by atoms with Crippen molar-refractivity contribution < 1.29 is 8.42 Å². The fourth-order valence-electron chi connectivity index (χ4n) is 2.92. The van der Waals surface area contributed by atoms with E-state index in [-0.39, 0.29) is 17.0 Å². The summed E-state index contributed by atoms with van der Waals surface area (Å²) in [4.78, 5) is 4.94. The molecule has 0 bridgehead atoms. The number of anilines is 2. The number of nitrogens with one attached hydrogen (secondary N) is 1. The summed E-state index contributed by atoms with van der Waals surface area (Å²) < 4.78 is 26.7. The Kier molecular flexibility index (Phi) is 7.99. The van der Waals surface area contributed by atoms with E-state index in [4.69, 9.17) is 0 Å². The smallest absolute Gasteiger partial charge is 0.243 e. The Balaban J connectivity index is 0.00000300. The van der Waals surface area contributed by atoms with Crippen molar-refractivity contribution in [1.29, 1.82) is 0 Å². The number of aromatic nitrogens is 1.